The summed E-state index contributed by atoms with van der Waals surface area (Å²) >= 11 is 6.70. The van der Waals surface area contributed by atoms with Crippen LogP contribution in [0.4, 0.5) is 17.5 Å². The van der Waals surface area contributed by atoms with Crippen molar-refractivity contribution in [3.05, 3.63) is 52.8 Å². The summed E-state index contributed by atoms with van der Waals surface area (Å²) in [6.45, 7) is 6.58. The third kappa shape index (κ3) is 5.89. The molecule has 0 amide bonds. The van der Waals surface area contributed by atoms with Gasteiger partial charge in [-0.1, -0.05) is 17.7 Å². The molecule has 0 atom stereocenters. The average Bonchev–Trinajstić information content (AvgIpc) is 3.50. The molecule has 3 aromatic heterocycles. The fourth-order valence-corrected chi connectivity index (χ4v) is 4.94. The number of H-pyrrole nitrogens is 2. The molecule has 4 aromatic rings. The van der Waals surface area contributed by atoms with Crippen molar-refractivity contribution in [2.45, 2.75) is 33.1 Å². The van der Waals surface area contributed by atoms with E-state index < -0.39 is 0 Å². The molecule has 0 unspecified atom stereocenters. The second-order valence-corrected chi connectivity index (χ2v) is 9.71. The van der Waals surface area contributed by atoms with Crippen LogP contribution in [0.15, 0.2) is 36.4 Å². The standard InChI is InChI=1S/C27H32ClN7O2/c1-4-5-19-15-24(34-33-19)30-23-16-25(35-11-8-18(9-12-35)10-13-36-3)32-27(31-23)37-22-7-6-21-20(26(22)28)14-17(2)29-21/h4-7,14-16,18,29H,8-13H2,1-3H3,(H2,30,31,32,33,34)/b5-4+. The molecule has 10 heteroatoms. The predicted molar refractivity (Wildman–Crippen MR) is 148 cm³/mol. The molecule has 0 bridgehead atoms. The first-order chi connectivity index (χ1) is 18.0. The monoisotopic (exact) mass is 521 g/mol. The number of ether oxygens (including phenoxy) is 2. The molecule has 1 aliphatic rings. The van der Waals surface area contributed by atoms with E-state index in [1.807, 2.05) is 56.3 Å². The smallest absolute Gasteiger partial charge is 0.325 e. The second kappa shape index (κ2) is 11.2. The number of hydrogen-bond donors (Lipinski definition) is 3. The minimum Gasteiger partial charge on any atom is -0.423 e. The number of fused-ring (bicyclic) bond motifs is 1. The summed E-state index contributed by atoms with van der Waals surface area (Å²) in [5, 5.41) is 12.0. The van der Waals surface area contributed by atoms with Gasteiger partial charge in [-0.25, -0.2) is 0 Å². The normalized spacial score (nSPS) is 14.6. The zero-order valence-corrected chi connectivity index (χ0v) is 22.1. The molecule has 0 saturated carbocycles. The minimum absolute atomic E-state index is 0.222. The van der Waals surface area contributed by atoms with E-state index >= 15 is 0 Å². The largest absolute Gasteiger partial charge is 0.423 e. The van der Waals surface area contributed by atoms with E-state index in [1.165, 1.54) is 0 Å². The van der Waals surface area contributed by atoms with E-state index in [2.05, 4.69) is 30.4 Å². The van der Waals surface area contributed by atoms with E-state index in [-0.39, 0.29) is 6.01 Å². The number of halogens is 1. The van der Waals surface area contributed by atoms with E-state index in [4.69, 9.17) is 26.1 Å². The molecule has 4 heterocycles. The van der Waals surface area contributed by atoms with Crippen LogP contribution in [0.1, 0.15) is 37.6 Å². The van der Waals surface area contributed by atoms with Gasteiger partial charge in [0.1, 0.15) is 17.4 Å². The highest BCUT2D eigenvalue weighted by Gasteiger charge is 2.22. The van der Waals surface area contributed by atoms with Crippen LogP contribution in [-0.2, 0) is 4.74 Å². The van der Waals surface area contributed by atoms with Gasteiger partial charge in [0.15, 0.2) is 5.82 Å². The number of allylic oxidation sites excluding steroid dienone is 1. The lowest BCUT2D eigenvalue weighted by atomic mass is 9.94. The van der Waals surface area contributed by atoms with Crippen LogP contribution >= 0.6 is 11.6 Å². The quantitative estimate of drug-likeness (QED) is 0.232. The van der Waals surface area contributed by atoms with Gasteiger partial charge in [-0.15, -0.1) is 0 Å². The number of nitrogens with one attached hydrogen (secondary N) is 3. The van der Waals surface area contributed by atoms with E-state index in [0.29, 0.717) is 28.3 Å². The molecule has 1 fully saturated rings. The van der Waals surface area contributed by atoms with Crippen molar-refractivity contribution in [3.8, 4) is 11.8 Å². The SMILES string of the molecule is C/C=C/c1cc(Nc2cc(N3CCC(CCOC)CC3)nc(Oc3ccc4[nH]c(C)cc4c3Cl)n2)n[nH]1. The number of nitrogens with zero attached hydrogens (tertiary/aromatic N) is 4. The molecule has 1 aliphatic heterocycles. The van der Waals surface area contributed by atoms with Crippen LogP contribution in [-0.4, -0.2) is 52.0 Å². The number of anilines is 3. The first-order valence-electron chi connectivity index (χ1n) is 12.6. The van der Waals surface area contributed by atoms with Crippen molar-refractivity contribution in [1.29, 1.82) is 0 Å². The zero-order valence-electron chi connectivity index (χ0n) is 21.3. The Bertz CT molecular complexity index is 1390. The molecular weight excluding hydrogens is 490 g/mol. The maximum absolute atomic E-state index is 6.70. The molecule has 1 saturated heterocycles. The van der Waals surface area contributed by atoms with E-state index in [9.17, 15) is 0 Å². The maximum atomic E-state index is 6.70. The van der Waals surface area contributed by atoms with E-state index in [1.54, 1.807) is 7.11 Å². The van der Waals surface area contributed by atoms with Crippen molar-refractivity contribution < 1.29 is 9.47 Å². The Balaban J connectivity index is 1.42. The first-order valence-corrected chi connectivity index (χ1v) is 12.9. The Labute approximate surface area is 221 Å². The molecule has 9 nitrogen and oxygen atoms in total. The van der Waals surface area contributed by atoms with Gasteiger partial charge in [-0.05, 0) is 63.3 Å². The van der Waals surface area contributed by atoms with Gasteiger partial charge >= 0.3 is 6.01 Å². The molecule has 3 N–H and O–H groups in total. The van der Waals surface area contributed by atoms with Gasteiger partial charge in [0, 0.05) is 55.5 Å². The average molecular weight is 522 g/mol. The summed E-state index contributed by atoms with van der Waals surface area (Å²) in [5.41, 5.74) is 2.89. The van der Waals surface area contributed by atoms with Gasteiger partial charge in [0.25, 0.3) is 0 Å². The summed E-state index contributed by atoms with van der Waals surface area (Å²) in [5.74, 6) is 3.22. The zero-order chi connectivity index (χ0) is 25.8. The number of piperidine rings is 1. The molecule has 194 valence electrons. The lowest BCUT2D eigenvalue weighted by Gasteiger charge is -2.33. The number of benzene rings is 1. The van der Waals surface area contributed by atoms with Gasteiger partial charge < -0.3 is 24.7 Å². The molecular formula is C27H32ClN7O2. The van der Waals surface area contributed by atoms with Crippen LogP contribution in [0.3, 0.4) is 0 Å². The molecule has 37 heavy (non-hydrogen) atoms. The van der Waals surface area contributed by atoms with Gasteiger partial charge in [0.05, 0.1) is 10.7 Å². The second-order valence-electron chi connectivity index (χ2n) is 9.33. The lowest BCUT2D eigenvalue weighted by molar-refractivity contribution is 0.170. The summed E-state index contributed by atoms with van der Waals surface area (Å²) in [7, 11) is 1.76. The Morgan fingerprint density at radius 3 is 2.78 bits per heavy atom. The fourth-order valence-electron chi connectivity index (χ4n) is 4.68. The molecule has 0 aliphatic carbocycles. The number of methoxy groups -OCH3 is 1. The topological polar surface area (TPSA) is 104 Å². The summed E-state index contributed by atoms with van der Waals surface area (Å²) in [4.78, 5) is 15.0. The van der Waals surface area contributed by atoms with Crippen LogP contribution in [0.25, 0.3) is 17.0 Å². The van der Waals surface area contributed by atoms with Crippen molar-refractivity contribution in [1.82, 2.24) is 25.1 Å². The fraction of sp³-hybridized carbons (Fsp3) is 0.370. The third-order valence-electron chi connectivity index (χ3n) is 6.60. The summed E-state index contributed by atoms with van der Waals surface area (Å²) in [6.07, 6.45) is 7.17. The van der Waals surface area contributed by atoms with Gasteiger partial charge in [-0.3, -0.25) is 5.10 Å². The number of rotatable bonds is 9. The Hall–Kier alpha value is -3.56. The number of hydrogen-bond acceptors (Lipinski definition) is 7. The highest BCUT2D eigenvalue weighted by Crippen LogP contribution is 2.36. The van der Waals surface area contributed by atoms with Crippen LogP contribution in [0, 0.1) is 12.8 Å². The molecule has 5 rings (SSSR count). The van der Waals surface area contributed by atoms with Gasteiger partial charge in [-0.2, -0.15) is 15.1 Å². The number of aromatic amines is 2. The minimum atomic E-state index is 0.222. The van der Waals surface area contributed by atoms with Crippen molar-refractivity contribution >= 4 is 46.0 Å². The third-order valence-corrected chi connectivity index (χ3v) is 6.99. The summed E-state index contributed by atoms with van der Waals surface area (Å²) < 4.78 is 11.4. The van der Waals surface area contributed by atoms with Crippen LogP contribution < -0.4 is 15.0 Å². The highest BCUT2D eigenvalue weighted by atomic mass is 35.5. The van der Waals surface area contributed by atoms with Crippen molar-refractivity contribution in [2.24, 2.45) is 5.92 Å². The van der Waals surface area contributed by atoms with Crippen molar-refractivity contribution in [2.75, 3.05) is 37.0 Å². The van der Waals surface area contributed by atoms with Gasteiger partial charge in [0.2, 0.25) is 0 Å². The first kappa shape index (κ1) is 25.1. The molecule has 1 aromatic carbocycles. The van der Waals surface area contributed by atoms with Crippen LogP contribution in [0.2, 0.25) is 5.02 Å². The number of aromatic nitrogens is 5. The number of aryl methyl sites for hydroxylation is 1. The van der Waals surface area contributed by atoms with E-state index in [0.717, 1.165) is 67.1 Å². The Morgan fingerprint density at radius 1 is 1.16 bits per heavy atom. The summed E-state index contributed by atoms with van der Waals surface area (Å²) in [6, 6.07) is 9.86. The Morgan fingerprint density at radius 2 is 2.00 bits per heavy atom. The highest BCUT2D eigenvalue weighted by molar-refractivity contribution is 6.37. The molecule has 0 spiro atoms. The lowest BCUT2D eigenvalue weighted by Crippen LogP contribution is -2.34. The Kier molecular flexibility index (Phi) is 7.62. The predicted octanol–water partition coefficient (Wildman–Crippen LogP) is 6.46. The molecule has 0 radical (unpaired) electrons. The van der Waals surface area contributed by atoms with Crippen LogP contribution in [0.5, 0.6) is 11.8 Å². The maximum Gasteiger partial charge on any atom is 0.325 e. The van der Waals surface area contributed by atoms with Crippen molar-refractivity contribution in [3.63, 3.8) is 0 Å².